The van der Waals surface area contributed by atoms with Crippen LogP contribution in [0.5, 0.6) is 0 Å². The molecule has 2 saturated heterocycles. The predicted molar refractivity (Wildman–Crippen MR) is 71.7 cm³/mol. The lowest BCUT2D eigenvalue weighted by molar-refractivity contribution is -0.143. The molecule has 0 radical (unpaired) electrons. The topological polar surface area (TPSA) is 69.6 Å². The number of piperidine rings is 2. The third-order valence-corrected chi connectivity index (χ3v) is 5.06. The molecule has 0 aromatic carbocycles. The molecule has 2 atom stereocenters. The minimum absolute atomic E-state index is 0.0623. The Morgan fingerprint density at radius 3 is 2.47 bits per heavy atom. The van der Waals surface area contributed by atoms with Gasteiger partial charge < -0.3 is 10.4 Å². The van der Waals surface area contributed by atoms with Gasteiger partial charge >= 0.3 is 5.97 Å². The number of hydrogen-bond acceptors (Lipinski definition) is 3. The fourth-order valence-corrected chi connectivity index (χ4v) is 3.31. The highest BCUT2D eigenvalue weighted by Crippen LogP contribution is 2.40. The summed E-state index contributed by atoms with van der Waals surface area (Å²) >= 11 is 0. The summed E-state index contributed by atoms with van der Waals surface area (Å²) in [4.78, 5) is 24.8. The van der Waals surface area contributed by atoms with Gasteiger partial charge in [-0.2, -0.15) is 0 Å². The SMILES string of the molecule is CC(C(=O)O)C(C)N1CCC2(CCNC(=O)C2)CC1. The van der Waals surface area contributed by atoms with Crippen LogP contribution in [0, 0.1) is 11.3 Å². The van der Waals surface area contributed by atoms with Crippen molar-refractivity contribution in [2.24, 2.45) is 11.3 Å². The zero-order valence-electron chi connectivity index (χ0n) is 11.8. The second kappa shape index (κ2) is 5.49. The molecule has 0 aromatic rings. The van der Waals surface area contributed by atoms with E-state index in [0.29, 0.717) is 6.42 Å². The zero-order chi connectivity index (χ0) is 14.0. The molecule has 2 rings (SSSR count). The Morgan fingerprint density at radius 2 is 1.95 bits per heavy atom. The number of aliphatic carboxylic acids is 1. The highest BCUT2D eigenvalue weighted by Gasteiger charge is 2.40. The number of carbonyl (C=O) groups is 2. The van der Waals surface area contributed by atoms with Crippen molar-refractivity contribution in [3.8, 4) is 0 Å². The Hall–Kier alpha value is -1.10. The fraction of sp³-hybridized carbons (Fsp3) is 0.857. The first-order valence-corrected chi connectivity index (χ1v) is 7.17. The lowest BCUT2D eigenvalue weighted by Gasteiger charge is -2.46. The first kappa shape index (κ1) is 14.3. The van der Waals surface area contributed by atoms with Crippen LogP contribution in [0.1, 0.15) is 39.5 Å². The van der Waals surface area contributed by atoms with Crippen molar-refractivity contribution in [2.75, 3.05) is 19.6 Å². The molecule has 1 amide bonds. The van der Waals surface area contributed by atoms with E-state index in [0.717, 1.165) is 38.9 Å². The van der Waals surface area contributed by atoms with E-state index >= 15 is 0 Å². The molecule has 2 aliphatic heterocycles. The van der Waals surface area contributed by atoms with Gasteiger partial charge in [-0.3, -0.25) is 14.5 Å². The van der Waals surface area contributed by atoms with Gasteiger partial charge in [-0.05, 0) is 44.7 Å². The third kappa shape index (κ3) is 3.08. The van der Waals surface area contributed by atoms with Crippen molar-refractivity contribution in [2.45, 2.75) is 45.6 Å². The summed E-state index contributed by atoms with van der Waals surface area (Å²) in [6.07, 6.45) is 3.73. The van der Waals surface area contributed by atoms with E-state index in [-0.39, 0.29) is 23.3 Å². The van der Waals surface area contributed by atoms with Gasteiger partial charge in [0.1, 0.15) is 0 Å². The number of carbonyl (C=O) groups excluding carboxylic acids is 1. The second-order valence-corrected chi connectivity index (χ2v) is 6.18. The summed E-state index contributed by atoms with van der Waals surface area (Å²) in [6, 6.07) is 0.0623. The standard InChI is InChI=1S/C14H24N2O3/c1-10(13(18)19)11(2)16-7-4-14(5-8-16)3-6-15-12(17)9-14/h10-11H,3-9H2,1-2H3,(H,15,17)(H,18,19). The lowest BCUT2D eigenvalue weighted by Crippen LogP contribution is -2.51. The summed E-state index contributed by atoms with van der Waals surface area (Å²) in [5, 5.41) is 12.0. The molecule has 5 nitrogen and oxygen atoms in total. The average molecular weight is 268 g/mol. The minimum atomic E-state index is -0.732. The van der Waals surface area contributed by atoms with Crippen LogP contribution < -0.4 is 5.32 Å². The number of amides is 1. The molecule has 2 unspecified atom stereocenters. The van der Waals surface area contributed by atoms with E-state index in [1.165, 1.54) is 0 Å². The van der Waals surface area contributed by atoms with E-state index in [2.05, 4.69) is 10.2 Å². The Bertz CT molecular complexity index is 362. The molecular formula is C14H24N2O3. The molecule has 2 fully saturated rings. The summed E-state index contributed by atoms with van der Waals surface area (Å²) in [6.45, 7) is 6.37. The number of rotatable bonds is 3. The number of nitrogens with one attached hydrogen (secondary N) is 1. The highest BCUT2D eigenvalue weighted by atomic mass is 16.4. The lowest BCUT2D eigenvalue weighted by atomic mass is 9.71. The molecule has 108 valence electrons. The molecule has 0 bridgehead atoms. The summed E-state index contributed by atoms with van der Waals surface area (Å²) in [7, 11) is 0. The predicted octanol–water partition coefficient (Wildman–Crippen LogP) is 1.09. The van der Waals surface area contributed by atoms with Gasteiger partial charge in [0.15, 0.2) is 0 Å². The minimum Gasteiger partial charge on any atom is -0.481 e. The van der Waals surface area contributed by atoms with Crippen LogP contribution in [-0.4, -0.2) is 47.6 Å². The molecule has 2 N–H and O–H groups in total. The van der Waals surface area contributed by atoms with Crippen molar-refractivity contribution < 1.29 is 14.7 Å². The Kier molecular flexibility index (Phi) is 4.13. The van der Waals surface area contributed by atoms with Gasteiger partial charge in [0.2, 0.25) is 5.91 Å². The Balaban J connectivity index is 1.91. The summed E-state index contributed by atoms with van der Waals surface area (Å²) in [5.41, 5.74) is 0.172. The van der Waals surface area contributed by atoms with Crippen LogP contribution in [0.15, 0.2) is 0 Å². The van der Waals surface area contributed by atoms with Crippen molar-refractivity contribution in [1.29, 1.82) is 0 Å². The van der Waals surface area contributed by atoms with Gasteiger partial charge in [0.05, 0.1) is 5.92 Å². The van der Waals surface area contributed by atoms with Gasteiger partial charge in [0.25, 0.3) is 0 Å². The largest absolute Gasteiger partial charge is 0.481 e. The van der Waals surface area contributed by atoms with E-state index in [9.17, 15) is 9.59 Å². The monoisotopic (exact) mass is 268 g/mol. The summed E-state index contributed by atoms with van der Waals surface area (Å²) in [5.74, 6) is -0.903. The number of hydrogen-bond donors (Lipinski definition) is 2. The van der Waals surface area contributed by atoms with E-state index < -0.39 is 5.97 Å². The maximum Gasteiger partial charge on any atom is 0.307 e. The van der Waals surface area contributed by atoms with Crippen LogP contribution in [0.2, 0.25) is 0 Å². The van der Waals surface area contributed by atoms with Crippen LogP contribution in [-0.2, 0) is 9.59 Å². The normalized spacial score (nSPS) is 26.7. The number of likely N-dealkylation sites (tertiary alicyclic amines) is 1. The smallest absolute Gasteiger partial charge is 0.307 e. The number of nitrogens with zero attached hydrogens (tertiary/aromatic N) is 1. The number of carboxylic acid groups (broad SMARTS) is 1. The van der Waals surface area contributed by atoms with Crippen molar-refractivity contribution in [3.63, 3.8) is 0 Å². The van der Waals surface area contributed by atoms with Crippen LogP contribution in [0.3, 0.4) is 0 Å². The molecular weight excluding hydrogens is 244 g/mol. The second-order valence-electron chi connectivity index (χ2n) is 6.18. The Labute approximate surface area is 114 Å². The molecule has 1 spiro atoms. The van der Waals surface area contributed by atoms with Crippen molar-refractivity contribution >= 4 is 11.9 Å². The van der Waals surface area contributed by atoms with Crippen molar-refractivity contribution in [1.82, 2.24) is 10.2 Å². The van der Waals surface area contributed by atoms with E-state index in [1.807, 2.05) is 6.92 Å². The number of carboxylic acids is 1. The summed E-state index contributed by atoms with van der Waals surface area (Å²) < 4.78 is 0. The van der Waals surface area contributed by atoms with Crippen LogP contribution in [0.4, 0.5) is 0 Å². The Morgan fingerprint density at radius 1 is 1.32 bits per heavy atom. The van der Waals surface area contributed by atoms with Gasteiger partial charge in [-0.25, -0.2) is 0 Å². The van der Waals surface area contributed by atoms with Crippen LogP contribution >= 0.6 is 0 Å². The van der Waals surface area contributed by atoms with Gasteiger partial charge in [-0.1, -0.05) is 6.92 Å². The molecule has 5 heteroatoms. The first-order chi connectivity index (χ1) is 8.93. The van der Waals surface area contributed by atoms with Gasteiger partial charge in [-0.15, -0.1) is 0 Å². The molecule has 0 aliphatic carbocycles. The molecule has 0 aromatic heterocycles. The maximum absolute atomic E-state index is 11.5. The van der Waals surface area contributed by atoms with Gasteiger partial charge in [0, 0.05) is 19.0 Å². The van der Waals surface area contributed by atoms with E-state index in [1.54, 1.807) is 6.92 Å². The molecule has 2 heterocycles. The van der Waals surface area contributed by atoms with Crippen LogP contribution in [0.25, 0.3) is 0 Å². The van der Waals surface area contributed by atoms with Crippen molar-refractivity contribution in [3.05, 3.63) is 0 Å². The first-order valence-electron chi connectivity index (χ1n) is 7.17. The maximum atomic E-state index is 11.5. The fourth-order valence-electron chi connectivity index (χ4n) is 3.31. The zero-order valence-corrected chi connectivity index (χ0v) is 11.8. The highest BCUT2D eigenvalue weighted by molar-refractivity contribution is 5.77. The quantitative estimate of drug-likeness (QED) is 0.804. The molecule has 0 saturated carbocycles. The molecule has 19 heavy (non-hydrogen) atoms. The molecule has 2 aliphatic rings. The van der Waals surface area contributed by atoms with E-state index in [4.69, 9.17) is 5.11 Å². The third-order valence-electron chi connectivity index (χ3n) is 5.06. The average Bonchev–Trinajstić information content (AvgIpc) is 2.37.